The van der Waals surface area contributed by atoms with E-state index >= 15 is 0 Å². The largest absolute Gasteiger partial charge is 0.480 e. The first-order chi connectivity index (χ1) is 12.7. The van der Waals surface area contributed by atoms with Gasteiger partial charge in [0.1, 0.15) is 5.75 Å². The summed E-state index contributed by atoms with van der Waals surface area (Å²) in [7, 11) is 0. The first-order valence-corrected chi connectivity index (χ1v) is 8.48. The Morgan fingerprint density at radius 2 is 1.92 bits per heavy atom. The second-order valence-corrected chi connectivity index (χ2v) is 5.85. The number of hydrogen-bond donors (Lipinski definition) is 0. The molecular formula is C19H17ClN2O4. The number of aromatic nitrogens is 2. The molecule has 0 fully saturated rings. The molecule has 0 aliphatic heterocycles. The van der Waals surface area contributed by atoms with Crippen LogP contribution in [0.4, 0.5) is 0 Å². The summed E-state index contributed by atoms with van der Waals surface area (Å²) in [5.74, 6) is 0.523. The fraction of sp³-hybridized carbons (Fsp3) is 0.211. The number of hydrogen-bond acceptors (Lipinski definition) is 6. The van der Waals surface area contributed by atoms with Crippen molar-refractivity contribution >= 4 is 17.6 Å². The monoisotopic (exact) mass is 372 g/mol. The first kappa shape index (κ1) is 17.9. The van der Waals surface area contributed by atoms with Crippen molar-refractivity contribution < 1.29 is 18.8 Å². The van der Waals surface area contributed by atoms with E-state index in [2.05, 4.69) is 17.1 Å². The van der Waals surface area contributed by atoms with Gasteiger partial charge in [-0.2, -0.15) is 4.98 Å². The van der Waals surface area contributed by atoms with E-state index in [1.807, 2.05) is 24.3 Å². The molecule has 2 aromatic carbocycles. The van der Waals surface area contributed by atoms with Gasteiger partial charge in [-0.15, -0.1) is 0 Å². The van der Waals surface area contributed by atoms with E-state index in [0.29, 0.717) is 16.6 Å². The van der Waals surface area contributed by atoms with Gasteiger partial charge in [-0.1, -0.05) is 60.1 Å². The Kier molecular flexibility index (Phi) is 5.86. The van der Waals surface area contributed by atoms with Crippen molar-refractivity contribution in [1.82, 2.24) is 10.1 Å². The van der Waals surface area contributed by atoms with Crippen molar-refractivity contribution in [2.24, 2.45) is 0 Å². The van der Waals surface area contributed by atoms with Crippen LogP contribution in [0, 0.1) is 0 Å². The van der Waals surface area contributed by atoms with E-state index in [1.54, 1.807) is 24.3 Å². The number of nitrogens with zero attached hydrogens (tertiary/aromatic N) is 2. The number of carbonyl (C=O) groups is 1. The molecule has 0 unspecified atom stereocenters. The summed E-state index contributed by atoms with van der Waals surface area (Å²) in [5.41, 5.74) is 2.07. The standard InChI is InChI=1S/C19H17ClN2O4/c1-2-13-7-9-14(10-8-13)19-21-17(26-22-19)11-25-18(23)12-24-16-6-4-3-5-15(16)20/h3-10H,2,11-12H2,1H3. The molecule has 0 atom stereocenters. The molecule has 7 heteroatoms. The summed E-state index contributed by atoms with van der Waals surface area (Å²) in [4.78, 5) is 16.0. The summed E-state index contributed by atoms with van der Waals surface area (Å²) >= 11 is 5.95. The van der Waals surface area contributed by atoms with Crippen LogP contribution in [0.5, 0.6) is 5.75 Å². The van der Waals surface area contributed by atoms with E-state index in [-0.39, 0.29) is 19.1 Å². The van der Waals surface area contributed by atoms with Gasteiger partial charge in [0.15, 0.2) is 13.2 Å². The fourth-order valence-corrected chi connectivity index (χ4v) is 2.39. The first-order valence-electron chi connectivity index (χ1n) is 8.10. The third-order valence-electron chi connectivity index (χ3n) is 3.63. The molecule has 26 heavy (non-hydrogen) atoms. The second-order valence-electron chi connectivity index (χ2n) is 5.44. The maximum Gasteiger partial charge on any atom is 0.344 e. The molecule has 0 radical (unpaired) electrons. The molecule has 0 amide bonds. The lowest BCUT2D eigenvalue weighted by Gasteiger charge is -2.06. The number of aryl methyl sites for hydroxylation is 1. The highest BCUT2D eigenvalue weighted by Gasteiger charge is 2.12. The fourth-order valence-electron chi connectivity index (χ4n) is 2.20. The predicted molar refractivity (Wildman–Crippen MR) is 95.9 cm³/mol. The van der Waals surface area contributed by atoms with Crippen LogP contribution in [0.25, 0.3) is 11.4 Å². The zero-order chi connectivity index (χ0) is 18.4. The number of carbonyl (C=O) groups excluding carboxylic acids is 1. The van der Waals surface area contributed by atoms with E-state index < -0.39 is 5.97 Å². The highest BCUT2D eigenvalue weighted by Crippen LogP contribution is 2.23. The van der Waals surface area contributed by atoms with Crippen LogP contribution in [0.1, 0.15) is 18.4 Å². The minimum absolute atomic E-state index is 0.120. The van der Waals surface area contributed by atoms with Crippen molar-refractivity contribution in [3.8, 4) is 17.1 Å². The van der Waals surface area contributed by atoms with Crippen molar-refractivity contribution in [3.05, 3.63) is 65.0 Å². The van der Waals surface area contributed by atoms with Crippen LogP contribution in [0.3, 0.4) is 0 Å². The molecule has 0 bridgehead atoms. The molecule has 0 N–H and O–H groups in total. The van der Waals surface area contributed by atoms with Crippen LogP contribution < -0.4 is 4.74 Å². The van der Waals surface area contributed by atoms with Crippen molar-refractivity contribution in [1.29, 1.82) is 0 Å². The maximum atomic E-state index is 11.8. The highest BCUT2D eigenvalue weighted by atomic mass is 35.5. The minimum Gasteiger partial charge on any atom is -0.480 e. The number of halogens is 1. The zero-order valence-corrected chi connectivity index (χ0v) is 14.9. The molecule has 134 valence electrons. The van der Waals surface area contributed by atoms with Crippen molar-refractivity contribution in [3.63, 3.8) is 0 Å². The van der Waals surface area contributed by atoms with Gasteiger partial charge in [0.2, 0.25) is 5.82 Å². The Morgan fingerprint density at radius 1 is 1.15 bits per heavy atom. The van der Waals surface area contributed by atoms with Crippen LogP contribution >= 0.6 is 11.6 Å². The van der Waals surface area contributed by atoms with E-state index in [0.717, 1.165) is 12.0 Å². The van der Waals surface area contributed by atoms with Gasteiger partial charge in [0, 0.05) is 5.56 Å². The van der Waals surface area contributed by atoms with Crippen LogP contribution in [-0.4, -0.2) is 22.7 Å². The van der Waals surface area contributed by atoms with Crippen molar-refractivity contribution in [2.75, 3.05) is 6.61 Å². The molecule has 1 heterocycles. The molecule has 6 nitrogen and oxygen atoms in total. The maximum absolute atomic E-state index is 11.8. The number of esters is 1. The summed E-state index contributed by atoms with van der Waals surface area (Å²) in [6.07, 6.45) is 0.962. The average molecular weight is 373 g/mol. The molecule has 3 aromatic rings. The van der Waals surface area contributed by atoms with Crippen LogP contribution in [0.2, 0.25) is 5.02 Å². The van der Waals surface area contributed by atoms with Gasteiger partial charge < -0.3 is 14.0 Å². The second kappa shape index (κ2) is 8.49. The highest BCUT2D eigenvalue weighted by molar-refractivity contribution is 6.32. The summed E-state index contributed by atoms with van der Waals surface area (Å²) in [5, 5.41) is 4.33. The number of ether oxygens (including phenoxy) is 2. The molecule has 3 rings (SSSR count). The van der Waals surface area contributed by atoms with E-state index in [1.165, 1.54) is 5.56 Å². The Morgan fingerprint density at radius 3 is 2.65 bits per heavy atom. The molecule has 0 aliphatic rings. The van der Waals surface area contributed by atoms with Gasteiger partial charge in [0.25, 0.3) is 5.89 Å². The van der Waals surface area contributed by atoms with Crippen molar-refractivity contribution in [2.45, 2.75) is 20.0 Å². The average Bonchev–Trinajstić information content (AvgIpc) is 3.15. The lowest BCUT2D eigenvalue weighted by Crippen LogP contribution is -2.15. The van der Waals surface area contributed by atoms with Gasteiger partial charge >= 0.3 is 5.97 Å². The lowest BCUT2D eigenvalue weighted by molar-refractivity contribution is -0.148. The quantitative estimate of drug-likeness (QED) is 0.582. The smallest absolute Gasteiger partial charge is 0.344 e. The molecule has 0 saturated heterocycles. The topological polar surface area (TPSA) is 74.5 Å². The molecule has 0 aliphatic carbocycles. The Hall–Kier alpha value is -2.86. The Balaban J connectivity index is 1.51. The number of para-hydroxylation sites is 1. The molecule has 0 saturated carbocycles. The summed E-state index contributed by atoms with van der Waals surface area (Å²) in [6.45, 7) is 1.71. The lowest BCUT2D eigenvalue weighted by atomic mass is 10.1. The van der Waals surface area contributed by atoms with Gasteiger partial charge in [-0.05, 0) is 24.1 Å². The van der Waals surface area contributed by atoms with Crippen LogP contribution in [-0.2, 0) is 22.6 Å². The Bertz CT molecular complexity index is 877. The summed E-state index contributed by atoms with van der Waals surface area (Å²) in [6, 6.07) is 14.8. The predicted octanol–water partition coefficient (Wildman–Crippen LogP) is 4.07. The van der Waals surface area contributed by atoms with E-state index in [9.17, 15) is 4.79 Å². The number of benzene rings is 2. The molecule has 1 aromatic heterocycles. The van der Waals surface area contributed by atoms with Gasteiger partial charge in [-0.3, -0.25) is 0 Å². The summed E-state index contributed by atoms with van der Waals surface area (Å²) < 4.78 is 15.5. The van der Waals surface area contributed by atoms with Crippen LogP contribution in [0.15, 0.2) is 53.1 Å². The SMILES string of the molecule is CCc1ccc(-c2noc(COC(=O)COc3ccccc3Cl)n2)cc1. The van der Waals surface area contributed by atoms with E-state index in [4.69, 9.17) is 25.6 Å². The normalized spacial score (nSPS) is 10.5. The van der Waals surface area contributed by atoms with Gasteiger partial charge in [-0.25, -0.2) is 4.79 Å². The third kappa shape index (κ3) is 4.61. The van der Waals surface area contributed by atoms with Gasteiger partial charge in [0.05, 0.1) is 5.02 Å². The third-order valence-corrected chi connectivity index (χ3v) is 3.94. The molecule has 0 spiro atoms. The Labute approximate surface area is 155 Å². The minimum atomic E-state index is -0.558. The molecular weight excluding hydrogens is 356 g/mol. The number of rotatable bonds is 7. The zero-order valence-electron chi connectivity index (χ0n) is 14.1.